The molecule has 0 aliphatic rings. The lowest BCUT2D eigenvalue weighted by Crippen LogP contribution is -1.95. The SMILES string of the molecule is Sc1ccc2ccccc2c1Nc1c(S)ccc2ccccc12. The first-order valence-electron chi connectivity index (χ1n) is 7.42. The van der Waals surface area contributed by atoms with E-state index in [4.69, 9.17) is 0 Å². The van der Waals surface area contributed by atoms with E-state index in [-0.39, 0.29) is 0 Å². The molecule has 1 N–H and O–H groups in total. The van der Waals surface area contributed by atoms with Crippen molar-refractivity contribution >= 4 is 58.2 Å². The first-order chi connectivity index (χ1) is 11.2. The van der Waals surface area contributed by atoms with Gasteiger partial charge >= 0.3 is 0 Å². The molecule has 4 rings (SSSR count). The fraction of sp³-hybridized carbons (Fsp3) is 0. The van der Waals surface area contributed by atoms with E-state index in [2.05, 4.69) is 67.0 Å². The number of benzene rings is 4. The molecule has 0 aromatic heterocycles. The highest BCUT2D eigenvalue weighted by molar-refractivity contribution is 7.80. The van der Waals surface area contributed by atoms with Crippen LogP contribution in [0.3, 0.4) is 0 Å². The highest BCUT2D eigenvalue weighted by Crippen LogP contribution is 2.37. The molecular formula is C20H15NS2. The van der Waals surface area contributed by atoms with Gasteiger partial charge in [0.2, 0.25) is 0 Å². The lowest BCUT2D eigenvalue weighted by molar-refractivity contribution is 1.41. The summed E-state index contributed by atoms with van der Waals surface area (Å²) in [6, 6.07) is 24.9. The van der Waals surface area contributed by atoms with Crippen LogP contribution in [-0.2, 0) is 0 Å². The maximum absolute atomic E-state index is 4.65. The number of hydrogen-bond donors (Lipinski definition) is 3. The topological polar surface area (TPSA) is 12.0 Å². The number of hydrogen-bond acceptors (Lipinski definition) is 3. The Balaban J connectivity index is 1.95. The van der Waals surface area contributed by atoms with Crippen molar-refractivity contribution < 1.29 is 0 Å². The molecule has 0 saturated carbocycles. The van der Waals surface area contributed by atoms with Gasteiger partial charge in [0.05, 0.1) is 11.4 Å². The first kappa shape index (κ1) is 14.5. The minimum absolute atomic E-state index is 0.921. The number of thiol groups is 2. The maximum atomic E-state index is 4.65. The molecule has 0 spiro atoms. The van der Waals surface area contributed by atoms with Gasteiger partial charge in [0, 0.05) is 20.6 Å². The molecule has 0 bridgehead atoms. The summed E-state index contributed by atoms with van der Waals surface area (Å²) in [4.78, 5) is 1.84. The predicted octanol–water partition coefficient (Wildman–Crippen LogP) is 6.31. The van der Waals surface area contributed by atoms with E-state index in [1.807, 2.05) is 36.4 Å². The monoisotopic (exact) mass is 333 g/mol. The Morgan fingerprint density at radius 2 is 0.957 bits per heavy atom. The first-order valence-corrected chi connectivity index (χ1v) is 8.32. The summed E-state index contributed by atoms with van der Waals surface area (Å²) in [5.74, 6) is 0. The largest absolute Gasteiger partial charge is 0.353 e. The van der Waals surface area contributed by atoms with Crippen molar-refractivity contribution in [3.8, 4) is 0 Å². The zero-order valence-electron chi connectivity index (χ0n) is 12.3. The van der Waals surface area contributed by atoms with Crippen molar-refractivity contribution in [3.05, 3.63) is 72.8 Å². The zero-order chi connectivity index (χ0) is 15.8. The van der Waals surface area contributed by atoms with Crippen LogP contribution in [-0.4, -0.2) is 0 Å². The summed E-state index contributed by atoms with van der Waals surface area (Å²) < 4.78 is 0. The van der Waals surface area contributed by atoms with Gasteiger partial charge < -0.3 is 5.32 Å². The Labute approximate surface area is 146 Å². The summed E-state index contributed by atoms with van der Waals surface area (Å²) in [6.45, 7) is 0. The second kappa shape index (κ2) is 5.84. The van der Waals surface area contributed by atoms with Gasteiger partial charge in [0.15, 0.2) is 0 Å². The average molecular weight is 333 g/mol. The highest BCUT2D eigenvalue weighted by atomic mass is 32.1. The van der Waals surface area contributed by atoms with Crippen LogP contribution < -0.4 is 5.32 Å². The van der Waals surface area contributed by atoms with Crippen molar-refractivity contribution in [2.75, 3.05) is 5.32 Å². The van der Waals surface area contributed by atoms with E-state index in [0.717, 1.165) is 31.9 Å². The van der Waals surface area contributed by atoms with Crippen LogP contribution in [0.5, 0.6) is 0 Å². The molecule has 3 heteroatoms. The van der Waals surface area contributed by atoms with Crippen LogP contribution in [0.4, 0.5) is 11.4 Å². The summed E-state index contributed by atoms with van der Waals surface area (Å²) >= 11 is 9.29. The van der Waals surface area contributed by atoms with Crippen molar-refractivity contribution in [1.29, 1.82) is 0 Å². The van der Waals surface area contributed by atoms with E-state index < -0.39 is 0 Å². The molecule has 0 fully saturated rings. The lowest BCUT2D eigenvalue weighted by atomic mass is 10.1. The Hall–Kier alpha value is -2.10. The molecule has 23 heavy (non-hydrogen) atoms. The van der Waals surface area contributed by atoms with Gasteiger partial charge in [0.25, 0.3) is 0 Å². The van der Waals surface area contributed by atoms with Gasteiger partial charge in [-0.2, -0.15) is 0 Å². The minimum Gasteiger partial charge on any atom is -0.353 e. The van der Waals surface area contributed by atoms with Crippen LogP contribution in [0.2, 0.25) is 0 Å². The van der Waals surface area contributed by atoms with Crippen LogP contribution in [0, 0.1) is 0 Å². The standard InChI is InChI=1S/C20H15NS2/c22-17-11-9-13-5-1-3-7-15(13)19(17)21-20-16-8-4-2-6-14(16)10-12-18(20)23/h1-12,21-23H. The molecule has 0 unspecified atom stereocenters. The van der Waals surface area contributed by atoms with Gasteiger partial charge in [-0.25, -0.2) is 0 Å². The van der Waals surface area contributed by atoms with E-state index in [1.165, 1.54) is 10.8 Å². The van der Waals surface area contributed by atoms with Gasteiger partial charge in [-0.3, -0.25) is 0 Å². The third-order valence-corrected chi connectivity index (χ3v) is 4.81. The van der Waals surface area contributed by atoms with E-state index >= 15 is 0 Å². The Kier molecular flexibility index (Phi) is 3.68. The molecule has 0 atom stereocenters. The fourth-order valence-electron chi connectivity index (χ4n) is 2.91. The maximum Gasteiger partial charge on any atom is 0.0599 e. The van der Waals surface area contributed by atoms with E-state index in [0.29, 0.717) is 0 Å². The van der Waals surface area contributed by atoms with Crippen LogP contribution >= 0.6 is 25.3 Å². The van der Waals surface area contributed by atoms with E-state index in [9.17, 15) is 0 Å². The van der Waals surface area contributed by atoms with Crippen molar-refractivity contribution in [2.45, 2.75) is 9.79 Å². The molecule has 0 aliphatic carbocycles. The van der Waals surface area contributed by atoms with Crippen LogP contribution in [0.25, 0.3) is 21.5 Å². The second-order valence-electron chi connectivity index (χ2n) is 5.49. The van der Waals surface area contributed by atoms with Gasteiger partial charge in [-0.05, 0) is 22.9 Å². The molecule has 112 valence electrons. The molecule has 0 heterocycles. The third-order valence-electron chi connectivity index (χ3n) is 4.06. The van der Waals surface area contributed by atoms with Crippen molar-refractivity contribution in [3.63, 3.8) is 0 Å². The average Bonchev–Trinajstić information content (AvgIpc) is 2.59. The number of nitrogens with one attached hydrogen (secondary N) is 1. The van der Waals surface area contributed by atoms with Gasteiger partial charge in [-0.15, -0.1) is 25.3 Å². The number of fused-ring (bicyclic) bond motifs is 2. The van der Waals surface area contributed by atoms with Crippen molar-refractivity contribution in [2.24, 2.45) is 0 Å². The zero-order valence-corrected chi connectivity index (χ0v) is 14.1. The molecule has 0 amide bonds. The number of rotatable bonds is 2. The molecule has 1 nitrogen and oxygen atoms in total. The Morgan fingerprint density at radius 3 is 1.43 bits per heavy atom. The Morgan fingerprint density at radius 1 is 0.522 bits per heavy atom. The second-order valence-corrected chi connectivity index (χ2v) is 6.45. The molecule has 4 aromatic carbocycles. The normalized spacial score (nSPS) is 11.0. The lowest BCUT2D eigenvalue weighted by Gasteiger charge is -2.16. The molecule has 0 radical (unpaired) electrons. The highest BCUT2D eigenvalue weighted by Gasteiger charge is 2.10. The quantitative estimate of drug-likeness (QED) is 0.365. The number of anilines is 2. The van der Waals surface area contributed by atoms with Crippen LogP contribution in [0.15, 0.2) is 82.6 Å². The molecule has 0 aliphatic heterocycles. The molecule has 4 aromatic rings. The summed E-state index contributed by atoms with van der Waals surface area (Å²) in [5.41, 5.74) is 2.02. The third kappa shape index (κ3) is 2.56. The van der Waals surface area contributed by atoms with Crippen molar-refractivity contribution in [1.82, 2.24) is 0 Å². The van der Waals surface area contributed by atoms with Gasteiger partial charge in [0.1, 0.15) is 0 Å². The molecular weight excluding hydrogens is 318 g/mol. The fourth-order valence-corrected chi connectivity index (χ4v) is 3.41. The smallest absolute Gasteiger partial charge is 0.0599 e. The Bertz CT molecular complexity index is 941. The van der Waals surface area contributed by atoms with E-state index in [1.54, 1.807) is 0 Å². The van der Waals surface area contributed by atoms with Gasteiger partial charge in [-0.1, -0.05) is 60.7 Å². The minimum atomic E-state index is 0.921. The summed E-state index contributed by atoms with van der Waals surface area (Å²) in [6.07, 6.45) is 0. The molecule has 0 saturated heterocycles. The summed E-state index contributed by atoms with van der Waals surface area (Å²) in [5, 5.41) is 8.26. The van der Waals surface area contributed by atoms with Crippen LogP contribution in [0.1, 0.15) is 0 Å². The predicted molar refractivity (Wildman–Crippen MR) is 106 cm³/mol. The summed E-state index contributed by atoms with van der Waals surface area (Å²) in [7, 11) is 0.